The summed E-state index contributed by atoms with van der Waals surface area (Å²) < 4.78 is 5.64. The summed E-state index contributed by atoms with van der Waals surface area (Å²) >= 11 is 0. The van der Waals surface area contributed by atoms with Crippen molar-refractivity contribution >= 4 is 5.88 Å². The number of hydrogen-bond donors (Lipinski definition) is 1. The lowest BCUT2D eigenvalue weighted by Gasteiger charge is -2.03. The van der Waals surface area contributed by atoms with Crippen LogP contribution in [0.25, 0.3) is 11.5 Å². The largest absolute Gasteiger partial charge is 0.419 e. The predicted molar refractivity (Wildman–Crippen MR) is 83.1 cm³/mol. The Bertz CT molecular complexity index is 775. The molecule has 0 unspecified atom stereocenters. The average Bonchev–Trinajstić information content (AvgIpc) is 3.00. The summed E-state index contributed by atoms with van der Waals surface area (Å²) in [6.45, 7) is 0.667. The number of nitrogens with zero attached hydrogens (tertiary/aromatic N) is 3. The molecule has 22 heavy (non-hydrogen) atoms. The Morgan fingerprint density at radius 1 is 1.14 bits per heavy atom. The molecule has 0 aliphatic rings. The van der Waals surface area contributed by atoms with Gasteiger partial charge < -0.3 is 9.73 Å². The van der Waals surface area contributed by atoms with Crippen molar-refractivity contribution in [2.45, 2.75) is 6.42 Å². The molecule has 2 aromatic heterocycles. The van der Waals surface area contributed by atoms with Gasteiger partial charge in [-0.25, -0.2) is 0 Å². The molecule has 0 amide bonds. The smallest absolute Gasteiger partial charge is 0.232 e. The standard InChI is InChI=1S/C17H14N4O/c18-11-15-17(20-10-8-13-5-2-1-3-6-13)22-16(21-15)14-7-4-9-19-12-14/h1-7,9,12,20H,8,10H2. The Balaban J connectivity index is 1.71. The third-order valence-electron chi connectivity index (χ3n) is 3.18. The first kappa shape index (κ1) is 13.8. The minimum Gasteiger partial charge on any atom is -0.419 e. The second kappa shape index (κ2) is 6.55. The van der Waals surface area contributed by atoms with Crippen LogP contribution in [0.5, 0.6) is 0 Å². The maximum absolute atomic E-state index is 9.17. The van der Waals surface area contributed by atoms with Gasteiger partial charge in [-0.2, -0.15) is 10.2 Å². The van der Waals surface area contributed by atoms with E-state index in [4.69, 9.17) is 9.68 Å². The van der Waals surface area contributed by atoms with Crippen molar-refractivity contribution < 1.29 is 4.42 Å². The number of rotatable bonds is 5. The first-order chi connectivity index (χ1) is 10.9. The van der Waals surface area contributed by atoms with Gasteiger partial charge in [-0.15, -0.1) is 0 Å². The van der Waals surface area contributed by atoms with Crippen molar-refractivity contribution in [2.75, 3.05) is 11.9 Å². The summed E-state index contributed by atoms with van der Waals surface area (Å²) in [5.74, 6) is 0.796. The molecule has 0 aliphatic carbocycles. The fraction of sp³-hybridized carbons (Fsp3) is 0.118. The van der Waals surface area contributed by atoms with Crippen LogP contribution in [0, 0.1) is 11.3 Å². The van der Waals surface area contributed by atoms with Crippen LogP contribution in [0.4, 0.5) is 5.88 Å². The second-order valence-electron chi connectivity index (χ2n) is 4.71. The van der Waals surface area contributed by atoms with Gasteiger partial charge in [-0.3, -0.25) is 4.98 Å². The minimum atomic E-state index is 0.256. The molecule has 0 fully saturated rings. The second-order valence-corrected chi connectivity index (χ2v) is 4.71. The van der Waals surface area contributed by atoms with E-state index in [-0.39, 0.29) is 5.69 Å². The van der Waals surface area contributed by atoms with Crippen molar-refractivity contribution in [3.05, 3.63) is 66.1 Å². The van der Waals surface area contributed by atoms with Gasteiger partial charge in [0.1, 0.15) is 6.07 Å². The summed E-state index contributed by atoms with van der Waals surface area (Å²) in [5, 5.41) is 12.3. The summed E-state index contributed by atoms with van der Waals surface area (Å²) in [6, 6.07) is 15.8. The molecule has 3 aromatic rings. The van der Waals surface area contributed by atoms with Gasteiger partial charge in [-0.05, 0) is 24.1 Å². The van der Waals surface area contributed by atoms with E-state index in [0.717, 1.165) is 12.0 Å². The van der Waals surface area contributed by atoms with E-state index >= 15 is 0 Å². The van der Waals surface area contributed by atoms with Crippen molar-refractivity contribution in [1.82, 2.24) is 9.97 Å². The third-order valence-corrected chi connectivity index (χ3v) is 3.18. The molecule has 3 rings (SSSR count). The number of benzene rings is 1. The molecule has 0 spiro atoms. The molecule has 108 valence electrons. The highest BCUT2D eigenvalue weighted by Crippen LogP contribution is 2.24. The van der Waals surface area contributed by atoms with Crippen LogP contribution in [0.2, 0.25) is 0 Å². The van der Waals surface area contributed by atoms with Gasteiger partial charge in [0, 0.05) is 18.9 Å². The van der Waals surface area contributed by atoms with Crippen LogP contribution in [0.3, 0.4) is 0 Å². The number of pyridine rings is 1. The van der Waals surface area contributed by atoms with Crippen molar-refractivity contribution in [2.24, 2.45) is 0 Å². The Morgan fingerprint density at radius 2 is 2.00 bits per heavy atom. The van der Waals surface area contributed by atoms with E-state index in [1.807, 2.05) is 30.3 Å². The Hall–Kier alpha value is -3.13. The third kappa shape index (κ3) is 3.13. The monoisotopic (exact) mass is 290 g/mol. The van der Waals surface area contributed by atoms with Gasteiger partial charge >= 0.3 is 0 Å². The molecule has 0 atom stereocenters. The van der Waals surface area contributed by atoms with Gasteiger partial charge in [0.15, 0.2) is 0 Å². The predicted octanol–water partition coefficient (Wildman–Crippen LogP) is 3.26. The summed E-state index contributed by atoms with van der Waals surface area (Å²) in [7, 11) is 0. The number of oxazole rings is 1. The molecule has 1 N–H and O–H groups in total. The normalized spacial score (nSPS) is 10.1. The van der Waals surface area contributed by atoms with Crippen LogP contribution < -0.4 is 5.32 Å². The molecule has 0 saturated carbocycles. The van der Waals surface area contributed by atoms with E-state index in [1.165, 1.54) is 5.56 Å². The zero-order valence-electron chi connectivity index (χ0n) is 11.9. The quantitative estimate of drug-likeness (QED) is 0.780. The lowest BCUT2D eigenvalue weighted by molar-refractivity contribution is 0.585. The van der Waals surface area contributed by atoms with Crippen LogP contribution in [-0.2, 0) is 6.42 Å². The van der Waals surface area contributed by atoms with Gasteiger partial charge in [0.05, 0.1) is 5.56 Å². The fourth-order valence-corrected chi connectivity index (χ4v) is 2.09. The Labute approximate surface area is 128 Å². The SMILES string of the molecule is N#Cc1nc(-c2cccnc2)oc1NCCc1ccccc1. The van der Waals surface area contributed by atoms with Crippen LogP contribution >= 0.6 is 0 Å². The Kier molecular flexibility index (Phi) is 4.12. The molecular weight excluding hydrogens is 276 g/mol. The molecular formula is C17H14N4O. The molecule has 0 bridgehead atoms. The molecule has 1 aromatic carbocycles. The van der Waals surface area contributed by atoms with E-state index in [9.17, 15) is 0 Å². The number of aromatic nitrogens is 2. The Morgan fingerprint density at radius 3 is 2.73 bits per heavy atom. The van der Waals surface area contributed by atoms with Crippen molar-refractivity contribution in [3.8, 4) is 17.5 Å². The minimum absolute atomic E-state index is 0.256. The number of nitriles is 1. The van der Waals surface area contributed by atoms with Crippen LogP contribution in [-0.4, -0.2) is 16.5 Å². The molecule has 0 aliphatic heterocycles. The summed E-state index contributed by atoms with van der Waals surface area (Å²) in [5.41, 5.74) is 2.22. The van der Waals surface area contributed by atoms with Gasteiger partial charge in [-0.1, -0.05) is 30.3 Å². The van der Waals surface area contributed by atoms with E-state index in [1.54, 1.807) is 18.5 Å². The molecule has 0 saturated heterocycles. The highest BCUT2D eigenvalue weighted by atomic mass is 16.4. The first-order valence-electron chi connectivity index (χ1n) is 6.96. The average molecular weight is 290 g/mol. The lowest BCUT2D eigenvalue weighted by atomic mass is 10.1. The summed E-state index contributed by atoms with van der Waals surface area (Å²) in [6.07, 6.45) is 4.17. The summed E-state index contributed by atoms with van der Waals surface area (Å²) in [4.78, 5) is 8.22. The molecule has 0 radical (unpaired) electrons. The number of nitrogens with one attached hydrogen (secondary N) is 1. The van der Waals surface area contributed by atoms with Gasteiger partial charge in [0.25, 0.3) is 0 Å². The molecule has 2 heterocycles. The first-order valence-corrected chi connectivity index (χ1v) is 6.96. The number of anilines is 1. The number of hydrogen-bond acceptors (Lipinski definition) is 5. The molecule has 5 nitrogen and oxygen atoms in total. The molecule has 5 heteroatoms. The topological polar surface area (TPSA) is 74.7 Å². The van der Waals surface area contributed by atoms with Crippen molar-refractivity contribution in [3.63, 3.8) is 0 Å². The zero-order chi connectivity index (χ0) is 15.2. The fourth-order valence-electron chi connectivity index (χ4n) is 2.09. The van der Waals surface area contributed by atoms with Crippen LogP contribution in [0.1, 0.15) is 11.3 Å². The highest BCUT2D eigenvalue weighted by Gasteiger charge is 2.14. The highest BCUT2D eigenvalue weighted by molar-refractivity contribution is 5.57. The van der Waals surface area contributed by atoms with E-state index < -0.39 is 0 Å². The van der Waals surface area contributed by atoms with E-state index in [0.29, 0.717) is 18.3 Å². The maximum atomic E-state index is 9.17. The van der Waals surface area contributed by atoms with E-state index in [2.05, 4.69) is 27.4 Å². The lowest BCUT2D eigenvalue weighted by Crippen LogP contribution is -2.05. The van der Waals surface area contributed by atoms with Crippen LogP contribution in [0.15, 0.2) is 59.3 Å². The maximum Gasteiger partial charge on any atom is 0.232 e. The zero-order valence-corrected chi connectivity index (χ0v) is 11.9. The van der Waals surface area contributed by atoms with Crippen molar-refractivity contribution in [1.29, 1.82) is 5.26 Å². The van der Waals surface area contributed by atoms with Gasteiger partial charge in [0.2, 0.25) is 17.5 Å².